The lowest BCUT2D eigenvalue weighted by molar-refractivity contribution is 0.0942. The molecule has 2 unspecified atom stereocenters. The Balaban J connectivity index is 2.51. The van der Waals surface area contributed by atoms with Crippen molar-refractivity contribution in [3.63, 3.8) is 0 Å². The molecular weight excluding hydrogens is 246 g/mol. The third-order valence-corrected chi connectivity index (χ3v) is 3.18. The maximum atomic E-state index is 11.8. The molecule has 0 aliphatic carbocycles. The van der Waals surface area contributed by atoms with Crippen molar-refractivity contribution in [1.82, 2.24) is 5.32 Å². The average molecular weight is 262 g/mol. The van der Waals surface area contributed by atoms with E-state index in [1.807, 2.05) is 19.2 Å². The van der Waals surface area contributed by atoms with Crippen LogP contribution in [0.25, 0.3) is 0 Å². The number of halogens is 1. The highest BCUT2D eigenvalue weighted by Crippen LogP contribution is 2.21. The van der Waals surface area contributed by atoms with Crippen molar-refractivity contribution in [2.75, 3.05) is 7.11 Å². The van der Waals surface area contributed by atoms with E-state index in [2.05, 4.69) is 5.32 Å². The maximum absolute atomic E-state index is 11.8. The van der Waals surface area contributed by atoms with E-state index in [9.17, 15) is 4.79 Å². The standard InChI is InChI=1S/C11H16ClNO2S/c1-7(12)4-8(2)13-11(14)10-5-9(15-3)6-16-10/h5-8H,4H2,1-3H3,(H,13,14). The van der Waals surface area contributed by atoms with Gasteiger partial charge in [-0.1, -0.05) is 0 Å². The van der Waals surface area contributed by atoms with Gasteiger partial charge in [0.2, 0.25) is 0 Å². The van der Waals surface area contributed by atoms with E-state index in [0.29, 0.717) is 10.6 Å². The lowest BCUT2D eigenvalue weighted by atomic mass is 10.2. The second-order valence-electron chi connectivity index (χ2n) is 3.74. The molecule has 2 atom stereocenters. The summed E-state index contributed by atoms with van der Waals surface area (Å²) in [6, 6.07) is 1.81. The topological polar surface area (TPSA) is 38.3 Å². The summed E-state index contributed by atoms with van der Waals surface area (Å²) in [5.74, 6) is 0.645. The highest BCUT2D eigenvalue weighted by atomic mass is 35.5. The number of hydrogen-bond acceptors (Lipinski definition) is 3. The molecule has 0 bridgehead atoms. The Morgan fingerprint density at radius 3 is 2.81 bits per heavy atom. The molecule has 0 fully saturated rings. The van der Waals surface area contributed by atoms with E-state index in [0.717, 1.165) is 6.42 Å². The lowest BCUT2D eigenvalue weighted by Gasteiger charge is -2.14. The third kappa shape index (κ3) is 4.02. The molecule has 1 N–H and O–H groups in total. The van der Waals surface area contributed by atoms with E-state index in [-0.39, 0.29) is 17.3 Å². The Morgan fingerprint density at radius 1 is 1.62 bits per heavy atom. The summed E-state index contributed by atoms with van der Waals surface area (Å²) in [4.78, 5) is 12.4. The average Bonchev–Trinajstić information content (AvgIpc) is 2.64. The van der Waals surface area contributed by atoms with E-state index in [1.165, 1.54) is 11.3 Å². The van der Waals surface area contributed by atoms with Crippen LogP contribution < -0.4 is 10.1 Å². The summed E-state index contributed by atoms with van der Waals surface area (Å²) in [7, 11) is 1.58. The first-order valence-corrected chi connectivity index (χ1v) is 6.42. The van der Waals surface area contributed by atoms with Gasteiger partial charge in [-0.3, -0.25) is 4.79 Å². The Kier molecular flexibility index (Phi) is 5.09. The first-order chi connectivity index (χ1) is 7.52. The largest absolute Gasteiger partial charge is 0.496 e. The van der Waals surface area contributed by atoms with Gasteiger partial charge in [0.15, 0.2) is 0 Å². The molecule has 0 aliphatic rings. The zero-order valence-corrected chi connectivity index (χ0v) is 11.2. The Labute approximate surface area is 105 Å². The molecule has 0 aromatic carbocycles. The van der Waals surface area contributed by atoms with Crippen LogP contribution >= 0.6 is 22.9 Å². The van der Waals surface area contributed by atoms with Gasteiger partial charge < -0.3 is 10.1 Å². The fourth-order valence-electron chi connectivity index (χ4n) is 1.39. The molecular formula is C11H16ClNO2S. The number of carbonyl (C=O) groups is 1. The van der Waals surface area contributed by atoms with Gasteiger partial charge in [-0.15, -0.1) is 22.9 Å². The summed E-state index contributed by atoms with van der Waals surface area (Å²) in [6.07, 6.45) is 0.760. The molecule has 3 nitrogen and oxygen atoms in total. The Hall–Kier alpha value is -0.740. The Morgan fingerprint density at radius 2 is 2.31 bits per heavy atom. The molecule has 5 heteroatoms. The summed E-state index contributed by atoms with van der Waals surface area (Å²) in [6.45, 7) is 3.86. The number of rotatable bonds is 5. The molecule has 1 rings (SSSR count). The quantitative estimate of drug-likeness (QED) is 0.828. The SMILES string of the molecule is COc1csc(C(=O)NC(C)CC(C)Cl)c1. The monoisotopic (exact) mass is 261 g/mol. The van der Waals surface area contributed by atoms with Gasteiger partial charge in [0.1, 0.15) is 5.75 Å². The van der Waals surface area contributed by atoms with Crippen molar-refractivity contribution in [1.29, 1.82) is 0 Å². The summed E-state index contributed by atoms with van der Waals surface area (Å²) >= 11 is 7.23. The molecule has 1 heterocycles. The van der Waals surface area contributed by atoms with Crippen molar-refractivity contribution in [3.8, 4) is 5.75 Å². The van der Waals surface area contributed by atoms with Crippen LogP contribution in [0.2, 0.25) is 0 Å². The lowest BCUT2D eigenvalue weighted by Crippen LogP contribution is -2.33. The van der Waals surface area contributed by atoms with Crippen LogP contribution in [-0.2, 0) is 0 Å². The van der Waals surface area contributed by atoms with Gasteiger partial charge in [0.25, 0.3) is 5.91 Å². The van der Waals surface area contributed by atoms with E-state index in [1.54, 1.807) is 13.2 Å². The molecule has 1 aromatic rings. The minimum Gasteiger partial charge on any atom is -0.496 e. The van der Waals surface area contributed by atoms with Crippen molar-refractivity contribution in [3.05, 3.63) is 16.3 Å². The van der Waals surface area contributed by atoms with Gasteiger partial charge in [-0.2, -0.15) is 0 Å². The van der Waals surface area contributed by atoms with Gasteiger partial charge in [-0.05, 0) is 20.3 Å². The normalized spacial score (nSPS) is 14.2. The van der Waals surface area contributed by atoms with Gasteiger partial charge >= 0.3 is 0 Å². The molecule has 90 valence electrons. The van der Waals surface area contributed by atoms with E-state index in [4.69, 9.17) is 16.3 Å². The fourth-order valence-corrected chi connectivity index (χ4v) is 2.41. The first kappa shape index (κ1) is 13.3. The minimum absolute atomic E-state index is 0.0631. The van der Waals surface area contributed by atoms with Gasteiger partial charge in [0.05, 0.1) is 12.0 Å². The smallest absolute Gasteiger partial charge is 0.261 e. The molecule has 0 radical (unpaired) electrons. The van der Waals surface area contributed by atoms with Crippen LogP contribution in [0, 0.1) is 0 Å². The molecule has 1 amide bonds. The molecule has 0 saturated carbocycles. The number of alkyl halides is 1. The number of nitrogens with one attached hydrogen (secondary N) is 1. The Bertz CT molecular complexity index is 352. The van der Waals surface area contributed by atoms with Crippen molar-refractivity contribution >= 4 is 28.8 Å². The van der Waals surface area contributed by atoms with Crippen LogP contribution in [0.4, 0.5) is 0 Å². The van der Waals surface area contributed by atoms with Crippen LogP contribution in [-0.4, -0.2) is 24.4 Å². The van der Waals surface area contributed by atoms with E-state index >= 15 is 0 Å². The van der Waals surface area contributed by atoms with Crippen molar-refractivity contribution in [2.24, 2.45) is 0 Å². The maximum Gasteiger partial charge on any atom is 0.261 e. The third-order valence-electron chi connectivity index (χ3n) is 2.09. The highest BCUT2D eigenvalue weighted by Gasteiger charge is 2.13. The number of thiophene rings is 1. The molecule has 16 heavy (non-hydrogen) atoms. The van der Waals surface area contributed by atoms with Crippen LogP contribution in [0.1, 0.15) is 29.9 Å². The van der Waals surface area contributed by atoms with Gasteiger partial charge in [-0.25, -0.2) is 0 Å². The molecule has 1 aromatic heterocycles. The number of ether oxygens (including phenoxy) is 1. The second kappa shape index (κ2) is 6.11. The number of amides is 1. The number of hydrogen-bond donors (Lipinski definition) is 1. The van der Waals surface area contributed by atoms with Crippen molar-refractivity contribution in [2.45, 2.75) is 31.7 Å². The highest BCUT2D eigenvalue weighted by molar-refractivity contribution is 7.12. The van der Waals surface area contributed by atoms with Crippen LogP contribution in [0.15, 0.2) is 11.4 Å². The zero-order valence-electron chi connectivity index (χ0n) is 9.62. The summed E-state index contributed by atoms with van der Waals surface area (Å²) < 4.78 is 5.02. The van der Waals surface area contributed by atoms with Crippen LogP contribution in [0.3, 0.4) is 0 Å². The van der Waals surface area contributed by atoms with Gasteiger partial charge in [0, 0.05) is 22.9 Å². The second-order valence-corrected chi connectivity index (χ2v) is 5.40. The van der Waals surface area contributed by atoms with Crippen LogP contribution in [0.5, 0.6) is 5.75 Å². The fraction of sp³-hybridized carbons (Fsp3) is 0.545. The number of methoxy groups -OCH3 is 1. The zero-order chi connectivity index (χ0) is 12.1. The summed E-state index contributed by atoms with van der Waals surface area (Å²) in [5.41, 5.74) is 0. The molecule has 0 aliphatic heterocycles. The minimum atomic E-state index is -0.0712. The number of carbonyl (C=O) groups excluding carboxylic acids is 1. The molecule has 0 spiro atoms. The van der Waals surface area contributed by atoms with E-state index < -0.39 is 0 Å². The predicted octanol–water partition coefficient (Wildman–Crippen LogP) is 2.89. The molecule has 0 saturated heterocycles. The predicted molar refractivity (Wildman–Crippen MR) is 67.7 cm³/mol. The first-order valence-electron chi connectivity index (χ1n) is 5.10. The van der Waals surface area contributed by atoms with Crippen molar-refractivity contribution < 1.29 is 9.53 Å². The summed E-state index contributed by atoms with van der Waals surface area (Å²) in [5, 5.41) is 4.77.